The van der Waals surface area contributed by atoms with Gasteiger partial charge in [0.15, 0.2) is 17.0 Å². The van der Waals surface area contributed by atoms with Gasteiger partial charge in [-0.2, -0.15) is 21.3 Å². The number of fused-ring (bicyclic) bond motifs is 2. The van der Waals surface area contributed by atoms with E-state index in [1.54, 1.807) is 11.3 Å². The summed E-state index contributed by atoms with van der Waals surface area (Å²) in [6, 6.07) is 10.7. The summed E-state index contributed by atoms with van der Waals surface area (Å²) in [5.41, 5.74) is 5.49. The molecule has 0 saturated carbocycles. The second kappa shape index (κ2) is 9.09. The minimum absolute atomic E-state index is 0.753. The second-order valence-electron chi connectivity index (χ2n) is 8.46. The largest absolute Gasteiger partial charge is 0.379 e. The number of hydrogen-bond acceptors (Lipinski definition) is 8. The number of thiophene rings is 1. The van der Waals surface area contributed by atoms with Crippen molar-refractivity contribution in [1.82, 2.24) is 24.4 Å². The van der Waals surface area contributed by atoms with Gasteiger partial charge in [-0.25, -0.2) is 4.98 Å². The molecule has 2 aliphatic heterocycles. The molecule has 1 N–H and O–H groups in total. The maximum absolute atomic E-state index is 5.47. The molecule has 0 bridgehead atoms. The molecule has 2 aliphatic rings. The molecule has 4 aromatic rings. The van der Waals surface area contributed by atoms with Crippen LogP contribution in [0.4, 0.5) is 11.8 Å². The van der Waals surface area contributed by atoms with Crippen molar-refractivity contribution in [2.75, 3.05) is 56.2 Å². The molecule has 170 valence electrons. The Morgan fingerprint density at radius 3 is 2.76 bits per heavy atom. The number of nitrogens with zero attached hydrogens (tertiary/aromatic N) is 6. The van der Waals surface area contributed by atoms with Crippen LogP contribution < -0.4 is 10.2 Å². The Balaban J connectivity index is 1.32. The van der Waals surface area contributed by atoms with Gasteiger partial charge in [0.25, 0.3) is 0 Å². The lowest BCUT2D eigenvalue weighted by molar-refractivity contribution is 0.0398. The number of aromatic nitrogens is 4. The first-order chi connectivity index (χ1) is 16.3. The number of imidazole rings is 1. The second-order valence-corrected chi connectivity index (χ2v) is 9.24. The van der Waals surface area contributed by atoms with Crippen LogP contribution in [0.1, 0.15) is 11.1 Å². The van der Waals surface area contributed by atoms with E-state index in [-0.39, 0.29) is 0 Å². The van der Waals surface area contributed by atoms with Crippen LogP contribution >= 0.6 is 11.3 Å². The Bertz CT molecular complexity index is 1230. The first-order valence-electron chi connectivity index (χ1n) is 11.5. The van der Waals surface area contributed by atoms with Gasteiger partial charge in [0, 0.05) is 44.6 Å². The smallest absolute Gasteiger partial charge is 0.229 e. The molecule has 3 aromatic heterocycles. The van der Waals surface area contributed by atoms with E-state index in [4.69, 9.17) is 19.7 Å². The predicted molar refractivity (Wildman–Crippen MR) is 131 cm³/mol. The Kier molecular flexibility index (Phi) is 5.67. The van der Waals surface area contributed by atoms with Gasteiger partial charge in [0.05, 0.1) is 18.9 Å². The molecule has 6 rings (SSSR count). The van der Waals surface area contributed by atoms with Gasteiger partial charge in [0.2, 0.25) is 5.95 Å². The number of anilines is 2. The van der Waals surface area contributed by atoms with Crippen LogP contribution in [0.3, 0.4) is 0 Å². The molecule has 0 aliphatic carbocycles. The lowest BCUT2D eigenvalue weighted by atomic mass is 10.0. The molecule has 0 unspecified atom stereocenters. The zero-order valence-corrected chi connectivity index (χ0v) is 19.3. The maximum atomic E-state index is 5.47. The van der Waals surface area contributed by atoms with E-state index < -0.39 is 0 Å². The van der Waals surface area contributed by atoms with Crippen LogP contribution in [0.5, 0.6) is 0 Å². The first-order valence-corrected chi connectivity index (χ1v) is 12.4. The van der Waals surface area contributed by atoms with Gasteiger partial charge in [-0.05, 0) is 29.0 Å². The third kappa shape index (κ3) is 4.19. The van der Waals surface area contributed by atoms with E-state index in [1.165, 1.54) is 11.1 Å². The summed E-state index contributed by atoms with van der Waals surface area (Å²) in [7, 11) is 0. The van der Waals surface area contributed by atoms with Crippen LogP contribution in [0.15, 0.2) is 47.4 Å². The van der Waals surface area contributed by atoms with E-state index in [0.29, 0.717) is 0 Å². The van der Waals surface area contributed by atoms with Gasteiger partial charge >= 0.3 is 0 Å². The fourth-order valence-corrected chi connectivity index (χ4v) is 5.19. The quantitative estimate of drug-likeness (QED) is 0.473. The van der Waals surface area contributed by atoms with Crippen molar-refractivity contribution < 1.29 is 4.74 Å². The SMILES string of the molecule is c1ccc2c(c1)CCN(c1nc(NCCN3CCOCC3)c3ncn(-c4ccsc4)c3n1)C2. The zero-order chi connectivity index (χ0) is 22.0. The highest BCUT2D eigenvalue weighted by atomic mass is 32.1. The van der Waals surface area contributed by atoms with Gasteiger partial charge in [-0.1, -0.05) is 24.3 Å². The number of benzene rings is 1. The molecule has 1 saturated heterocycles. The van der Waals surface area contributed by atoms with Crippen molar-refractivity contribution in [3.63, 3.8) is 0 Å². The highest BCUT2D eigenvalue weighted by molar-refractivity contribution is 7.08. The fourth-order valence-electron chi connectivity index (χ4n) is 4.56. The number of rotatable bonds is 6. The monoisotopic (exact) mass is 461 g/mol. The Morgan fingerprint density at radius 2 is 1.91 bits per heavy atom. The summed E-state index contributed by atoms with van der Waals surface area (Å²) in [6.07, 6.45) is 2.85. The molecule has 0 atom stereocenters. The number of hydrogen-bond donors (Lipinski definition) is 1. The van der Waals surface area contributed by atoms with Crippen LogP contribution in [0.2, 0.25) is 0 Å². The topological polar surface area (TPSA) is 71.3 Å². The third-order valence-corrected chi connectivity index (χ3v) is 7.08. The van der Waals surface area contributed by atoms with E-state index in [2.05, 4.69) is 60.8 Å². The molecule has 0 amide bonds. The third-order valence-electron chi connectivity index (χ3n) is 6.41. The van der Waals surface area contributed by atoms with Crippen molar-refractivity contribution >= 4 is 34.3 Å². The van der Waals surface area contributed by atoms with Crippen molar-refractivity contribution in [2.45, 2.75) is 13.0 Å². The van der Waals surface area contributed by atoms with E-state index in [0.717, 1.165) is 87.5 Å². The number of ether oxygens (including phenoxy) is 1. The lowest BCUT2D eigenvalue weighted by Gasteiger charge is -2.29. The normalized spacial score (nSPS) is 16.8. The van der Waals surface area contributed by atoms with E-state index in [9.17, 15) is 0 Å². The van der Waals surface area contributed by atoms with Crippen LogP contribution in [-0.4, -0.2) is 70.4 Å². The summed E-state index contributed by atoms with van der Waals surface area (Å²) in [5.74, 6) is 1.55. The highest BCUT2D eigenvalue weighted by Gasteiger charge is 2.22. The van der Waals surface area contributed by atoms with E-state index >= 15 is 0 Å². The predicted octanol–water partition coefficient (Wildman–Crippen LogP) is 3.18. The average molecular weight is 462 g/mol. The molecule has 5 heterocycles. The zero-order valence-electron chi connectivity index (χ0n) is 18.5. The standard InChI is InChI=1S/C24H27N7OS/c1-2-4-19-15-30(8-5-18(19)3-1)24-27-22(25-7-9-29-10-12-32-13-11-29)21-23(28-24)31(17-26-21)20-6-14-33-16-20/h1-4,6,14,16-17H,5,7-13,15H2,(H,25,27,28). The van der Waals surface area contributed by atoms with Gasteiger partial charge < -0.3 is 15.0 Å². The van der Waals surface area contributed by atoms with Crippen LogP contribution in [0, 0.1) is 0 Å². The summed E-state index contributed by atoms with van der Waals surface area (Å²) in [5, 5.41) is 7.75. The fraction of sp³-hybridized carbons (Fsp3) is 0.375. The van der Waals surface area contributed by atoms with Crippen LogP contribution in [-0.2, 0) is 17.7 Å². The first kappa shape index (κ1) is 20.6. The molecule has 0 radical (unpaired) electrons. The van der Waals surface area contributed by atoms with Gasteiger partial charge in [-0.3, -0.25) is 9.47 Å². The molecule has 33 heavy (non-hydrogen) atoms. The maximum Gasteiger partial charge on any atom is 0.229 e. The highest BCUT2D eigenvalue weighted by Crippen LogP contribution is 2.28. The molecule has 8 nitrogen and oxygen atoms in total. The van der Waals surface area contributed by atoms with Gasteiger partial charge in [0.1, 0.15) is 6.33 Å². The Morgan fingerprint density at radius 1 is 1.03 bits per heavy atom. The number of nitrogens with one attached hydrogen (secondary N) is 1. The van der Waals surface area contributed by atoms with Crippen molar-refractivity contribution in [1.29, 1.82) is 0 Å². The molecular formula is C24H27N7OS. The van der Waals surface area contributed by atoms with Crippen molar-refractivity contribution in [2.24, 2.45) is 0 Å². The van der Waals surface area contributed by atoms with E-state index in [1.807, 2.05) is 6.33 Å². The minimum atomic E-state index is 0.753. The van der Waals surface area contributed by atoms with Crippen molar-refractivity contribution in [3.8, 4) is 5.69 Å². The Labute approximate surface area is 196 Å². The molecule has 0 spiro atoms. The summed E-state index contributed by atoms with van der Waals surface area (Å²) in [6.45, 7) is 7.06. The molecule has 9 heteroatoms. The summed E-state index contributed by atoms with van der Waals surface area (Å²) in [4.78, 5) is 19.3. The average Bonchev–Trinajstić information content (AvgIpc) is 3.54. The number of morpholine rings is 1. The molecule has 1 fully saturated rings. The summed E-state index contributed by atoms with van der Waals surface area (Å²) >= 11 is 1.67. The van der Waals surface area contributed by atoms with Gasteiger partial charge in [-0.15, -0.1) is 0 Å². The Hall–Kier alpha value is -3.01. The van der Waals surface area contributed by atoms with Crippen LogP contribution in [0.25, 0.3) is 16.9 Å². The van der Waals surface area contributed by atoms with Crippen molar-refractivity contribution in [3.05, 3.63) is 58.5 Å². The summed E-state index contributed by atoms with van der Waals surface area (Å²) < 4.78 is 7.53. The molecular weight excluding hydrogens is 434 g/mol. The lowest BCUT2D eigenvalue weighted by Crippen LogP contribution is -2.39. The molecule has 1 aromatic carbocycles. The minimum Gasteiger partial charge on any atom is -0.379 e.